The zero-order valence-corrected chi connectivity index (χ0v) is 17.8. The van der Waals surface area contributed by atoms with Crippen LogP contribution in [0.25, 0.3) is 0 Å². The minimum atomic E-state index is -0.520. The third-order valence-electron chi connectivity index (χ3n) is 4.35. The van der Waals surface area contributed by atoms with Gasteiger partial charge in [-0.25, -0.2) is 4.79 Å². The Labute approximate surface area is 180 Å². The summed E-state index contributed by atoms with van der Waals surface area (Å²) in [6, 6.07) is 6.18. The first-order valence-electron chi connectivity index (χ1n) is 9.01. The van der Waals surface area contributed by atoms with E-state index in [1.807, 2.05) is 5.40 Å². The highest BCUT2D eigenvalue weighted by Crippen LogP contribution is 2.40. The molecule has 0 spiro atoms. The molecule has 3 amide bonds. The third-order valence-corrected chi connectivity index (χ3v) is 6.47. The van der Waals surface area contributed by atoms with Gasteiger partial charge in [0.05, 0.1) is 17.2 Å². The fraction of sp³-hybridized carbons (Fsp3) is 0.250. The molecule has 1 saturated heterocycles. The highest BCUT2D eigenvalue weighted by molar-refractivity contribution is 8.04. The number of thiocyanates is 1. The van der Waals surface area contributed by atoms with Gasteiger partial charge in [0.1, 0.15) is 15.3 Å². The molecule has 0 saturated carbocycles. The van der Waals surface area contributed by atoms with Crippen molar-refractivity contribution in [2.75, 3.05) is 16.8 Å². The predicted molar refractivity (Wildman–Crippen MR) is 113 cm³/mol. The Morgan fingerprint density at radius 2 is 2.00 bits per heavy atom. The zero-order chi connectivity index (χ0) is 21.8. The molecule has 10 heteroatoms. The number of benzene rings is 1. The summed E-state index contributed by atoms with van der Waals surface area (Å²) in [4.78, 5) is 50.7. The van der Waals surface area contributed by atoms with Crippen LogP contribution < -0.4 is 10.2 Å². The van der Waals surface area contributed by atoms with E-state index in [0.717, 1.165) is 28.0 Å². The standard InChI is InChI=1S/C20H17N3O5S2/c1-3-28-20(27)17-11(2)16(29-10-21)19(30-17)22-18(26)12-5-4-6-13(9-12)23-14(24)7-8-15(23)25/h4-6,9H,3,7-8H2,1-2H3,(H,22,26). The highest BCUT2D eigenvalue weighted by Gasteiger charge is 2.30. The van der Waals surface area contributed by atoms with Gasteiger partial charge in [-0.05, 0) is 49.4 Å². The van der Waals surface area contributed by atoms with Gasteiger partial charge in [-0.3, -0.25) is 19.3 Å². The number of imide groups is 1. The van der Waals surface area contributed by atoms with E-state index in [1.165, 1.54) is 6.07 Å². The van der Waals surface area contributed by atoms with E-state index < -0.39 is 11.9 Å². The number of rotatable bonds is 6. The van der Waals surface area contributed by atoms with E-state index in [2.05, 4.69) is 5.32 Å². The molecule has 1 fully saturated rings. The number of anilines is 2. The molecule has 1 N–H and O–H groups in total. The van der Waals surface area contributed by atoms with Gasteiger partial charge in [-0.2, -0.15) is 5.26 Å². The van der Waals surface area contributed by atoms with E-state index in [4.69, 9.17) is 10.00 Å². The van der Waals surface area contributed by atoms with Crippen LogP contribution in [0.3, 0.4) is 0 Å². The number of hydrogen-bond donors (Lipinski definition) is 1. The number of nitrogens with zero attached hydrogens (tertiary/aromatic N) is 2. The number of hydrogen-bond acceptors (Lipinski definition) is 8. The maximum absolute atomic E-state index is 12.8. The van der Waals surface area contributed by atoms with Crippen molar-refractivity contribution in [3.8, 4) is 5.40 Å². The van der Waals surface area contributed by atoms with Crippen LogP contribution >= 0.6 is 23.1 Å². The summed E-state index contributed by atoms with van der Waals surface area (Å²) in [6.07, 6.45) is 0.296. The van der Waals surface area contributed by atoms with Crippen LogP contribution in [-0.4, -0.2) is 30.3 Å². The Balaban J connectivity index is 1.89. The van der Waals surface area contributed by atoms with Crippen molar-refractivity contribution in [2.24, 2.45) is 0 Å². The second-order valence-electron chi connectivity index (χ2n) is 6.26. The largest absolute Gasteiger partial charge is 0.462 e. The lowest BCUT2D eigenvalue weighted by Gasteiger charge is -2.14. The second kappa shape index (κ2) is 9.11. The number of carbonyl (C=O) groups excluding carboxylic acids is 4. The quantitative estimate of drug-likeness (QED) is 0.313. The summed E-state index contributed by atoms with van der Waals surface area (Å²) >= 11 is 1.87. The normalized spacial score (nSPS) is 13.3. The summed E-state index contributed by atoms with van der Waals surface area (Å²) in [5.41, 5.74) is 1.12. The van der Waals surface area contributed by atoms with Gasteiger partial charge in [0.25, 0.3) is 5.91 Å². The monoisotopic (exact) mass is 443 g/mol. The molecule has 0 bridgehead atoms. The lowest BCUT2D eigenvalue weighted by Crippen LogP contribution is -2.28. The van der Waals surface area contributed by atoms with Gasteiger partial charge in [0.2, 0.25) is 11.8 Å². The first-order chi connectivity index (χ1) is 14.4. The number of thioether (sulfide) groups is 1. The van der Waals surface area contributed by atoms with Crippen LogP contribution in [0.5, 0.6) is 0 Å². The van der Waals surface area contributed by atoms with Crippen LogP contribution in [0.1, 0.15) is 45.4 Å². The predicted octanol–water partition coefficient (Wildman–Crippen LogP) is 3.71. The lowest BCUT2D eigenvalue weighted by molar-refractivity contribution is -0.121. The number of esters is 1. The number of nitriles is 1. The lowest BCUT2D eigenvalue weighted by atomic mass is 10.1. The molecule has 0 radical (unpaired) electrons. The average molecular weight is 444 g/mol. The summed E-state index contributed by atoms with van der Waals surface area (Å²) < 4.78 is 5.03. The van der Waals surface area contributed by atoms with Crippen molar-refractivity contribution in [2.45, 2.75) is 31.6 Å². The summed E-state index contributed by atoms with van der Waals surface area (Å²) in [7, 11) is 0. The number of carbonyl (C=O) groups is 4. The van der Waals surface area contributed by atoms with Gasteiger partial charge in [-0.15, -0.1) is 11.3 Å². The van der Waals surface area contributed by atoms with Crippen molar-refractivity contribution in [3.63, 3.8) is 0 Å². The molecule has 0 unspecified atom stereocenters. The maximum atomic E-state index is 12.8. The number of ether oxygens (including phenoxy) is 1. The summed E-state index contributed by atoms with van der Waals surface area (Å²) in [6.45, 7) is 3.58. The van der Waals surface area contributed by atoms with Crippen LogP contribution in [-0.2, 0) is 14.3 Å². The van der Waals surface area contributed by atoms with Crippen molar-refractivity contribution in [1.29, 1.82) is 5.26 Å². The van der Waals surface area contributed by atoms with Crippen molar-refractivity contribution in [3.05, 3.63) is 40.3 Å². The Morgan fingerprint density at radius 3 is 2.63 bits per heavy atom. The molecule has 8 nitrogen and oxygen atoms in total. The SMILES string of the molecule is CCOC(=O)c1sc(NC(=O)c2cccc(N3C(=O)CCC3=O)c2)c(SC#N)c1C. The Bertz CT molecular complexity index is 1070. The molecule has 1 aliphatic heterocycles. The minimum Gasteiger partial charge on any atom is -0.462 e. The Hall–Kier alpha value is -3.16. The molecule has 2 heterocycles. The molecule has 0 atom stereocenters. The smallest absolute Gasteiger partial charge is 0.348 e. The van der Waals surface area contributed by atoms with Gasteiger partial charge >= 0.3 is 5.97 Å². The maximum Gasteiger partial charge on any atom is 0.348 e. The Morgan fingerprint density at radius 1 is 1.30 bits per heavy atom. The van der Waals surface area contributed by atoms with Crippen molar-refractivity contribution < 1.29 is 23.9 Å². The Kier molecular flexibility index (Phi) is 6.54. The molecule has 0 aliphatic carbocycles. The number of nitrogens with one attached hydrogen (secondary N) is 1. The fourth-order valence-electron chi connectivity index (χ4n) is 2.97. The van der Waals surface area contributed by atoms with Crippen LogP contribution in [0.2, 0.25) is 0 Å². The first-order valence-corrected chi connectivity index (χ1v) is 10.6. The van der Waals surface area contributed by atoms with Gasteiger partial charge < -0.3 is 10.1 Å². The van der Waals surface area contributed by atoms with Crippen LogP contribution in [0.4, 0.5) is 10.7 Å². The molecule has 1 aliphatic rings. The molecular formula is C20H17N3O5S2. The third kappa shape index (κ3) is 4.22. The molecule has 1 aromatic heterocycles. The topological polar surface area (TPSA) is 117 Å². The zero-order valence-electron chi connectivity index (χ0n) is 16.2. The molecule has 3 rings (SSSR count). The van der Waals surface area contributed by atoms with E-state index in [-0.39, 0.29) is 36.8 Å². The van der Waals surface area contributed by atoms with Gasteiger partial charge in [0.15, 0.2) is 0 Å². The minimum absolute atomic E-state index is 0.148. The number of amides is 3. The van der Waals surface area contributed by atoms with Gasteiger partial charge in [-0.1, -0.05) is 6.07 Å². The molecule has 154 valence electrons. The van der Waals surface area contributed by atoms with E-state index >= 15 is 0 Å². The van der Waals surface area contributed by atoms with Crippen LogP contribution in [0.15, 0.2) is 29.2 Å². The molecule has 2 aromatic rings. The molecular weight excluding hydrogens is 426 g/mol. The highest BCUT2D eigenvalue weighted by atomic mass is 32.2. The van der Waals surface area contributed by atoms with Crippen molar-refractivity contribution >= 4 is 57.5 Å². The molecule has 30 heavy (non-hydrogen) atoms. The summed E-state index contributed by atoms with van der Waals surface area (Å²) in [5.74, 6) is -1.63. The van der Waals surface area contributed by atoms with E-state index in [0.29, 0.717) is 26.0 Å². The first kappa shape index (κ1) is 21.5. The second-order valence-corrected chi connectivity index (χ2v) is 8.07. The average Bonchev–Trinajstić information content (AvgIpc) is 3.22. The number of thiophene rings is 1. The van der Waals surface area contributed by atoms with E-state index in [1.54, 1.807) is 32.0 Å². The molecule has 1 aromatic carbocycles. The van der Waals surface area contributed by atoms with Crippen LogP contribution in [0, 0.1) is 17.6 Å². The summed E-state index contributed by atoms with van der Waals surface area (Å²) in [5, 5.41) is 14.1. The fourth-order valence-corrected chi connectivity index (χ4v) is 4.76. The van der Waals surface area contributed by atoms with Gasteiger partial charge in [0, 0.05) is 18.4 Å². The van der Waals surface area contributed by atoms with E-state index in [9.17, 15) is 19.2 Å². The van der Waals surface area contributed by atoms with Crippen molar-refractivity contribution in [1.82, 2.24) is 0 Å².